The van der Waals surface area contributed by atoms with Gasteiger partial charge in [0.05, 0.1) is 23.7 Å². The highest BCUT2D eigenvalue weighted by molar-refractivity contribution is 9.10. The van der Waals surface area contributed by atoms with Crippen molar-refractivity contribution in [1.82, 2.24) is 9.66 Å². The quantitative estimate of drug-likeness (QED) is 0.129. The summed E-state index contributed by atoms with van der Waals surface area (Å²) in [5, 5.41) is 8.58. The van der Waals surface area contributed by atoms with E-state index in [9.17, 15) is 9.59 Å². The summed E-state index contributed by atoms with van der Waals surface area (Å²) in [5.41, 5.74) is 2.55. The van der Waals surface area contributed by atoms with E-state index in [-0.39, 0.29) is 24.0 Å². The molecule has 0 atom stereocenters. The zero-order chi connectivity index (χ0) is 31.1. The summed E-state index contributed by atoms with van der Waals surface area (Å²) >= 11 is 9.42. The van der Waals surface area contributed by atoms with Crippen LogP contribution >= 0.6 is 27.5 Å². The molecule has 1 aliphatic carbocycles. The highest BCUT2D eigenvalue weighted by Gasteiger charge is 2.23. The lowest BCUT2D eigenvalue weighted by Crippen LogP contribution is -2.25. The number of hydrogen-bond donors (Lipinski definition) is 1. The Hall–Kier alpha value is -3.95. The van der Waals surface area contributed by atoms with Crippen molar-refractivity contribution in [2.45, 2.75) is 51.4 Å². The minimum atomic E-state index is -0.324. The maximum Gasteiger partial charge on any atom is 0.282 e. The summed E-state index contributed by atoms with van der Waals surface area (Å²) in [5.74, 6) is 1.44. The number of fused-ring (bicyclic) bond motifs is 1. The molecule has 0 spiro atoms. The Kier molecular flexibility index (Phi) is 10.5. The van der Waals surface area contributed by atoms with Gasteiger partial charge in [0.1, 0.15) is 5.82 Å². The van der Waals surface area contributed by atoms with Crippen molar-refractivity contribution in [2.24, 2.45) is 5.10 Å². The molecule has 1 aromatic heterocycles. The molecule has 1 N–H and O–H groups in total. The zero-order valence-corrected chi connectivity index (χ0v) is 26.9. The monoisotopic (exact) mass is 676 g/mol. The van der Waals surface area contributed by atoms with Gasteiger partial charge in [0.25, 0.3) is 11.5 Å². The summed E-state index contributed by atoms with van der Waals surface area (Å²) in [4.78, 5) is 31.3. The number of ether oxygens (including phenoxy) is 2. The number of hydrogen-bond acceptors (Lipinski definition) is 6. The Morgan fingerprint density at radius 3 is 2.64 bits per heavy atom. The molecule has 8 nitrogen and oxygen atoms in total. The standard InChI is InChI=1S/C34H34BrClN4O4/c1-3-8-24-17-22(18-30(43-4-2)32(24)44-21-31(41)38-27-14-12-26(36)13-15-27)20-37-40-33(23-9-6-5-7-10-23)39-29-16-11-25(35)19-28(29)34(40)42/h3,11-20,23H,1,4-10,21H2,2H3,(H,38,41). The van der Waals surface area contributed by atoms with Gasteiger partial charge in [-0.1, -0.05) is 52.9 Å². The minimum Gasteiger partial charge on any atom is -0.490 e. The number of aromatic nitrogens is 2. The second-order valence-electron chi connectivity index (χ2n) is 10.6. The second-order valence-corrected chi connectivity index (χ2v) is 12.0. The van der Waals surface area contributed by atoms with Crippen molar-refractivity contribution in [3.05, 3.63) is 104 Å². The van der Waals surface area contributed by atoms with Gasteiger partial charge >= 0.3 is 0 Å². The SMILES string of the molecule is C=CCc1cc(C=Nn2c(C3CCCCC3)nc3ccc(Br)cc3c2=O)cc(OCC)c1OCC(=O)Nc1ccc(Cl)cc1. The zero-order valence-electron chi connectivity index (χ0n) is 24.5. The van der Waals surface area contributed by atoms with Crippen LogP contribution in [-0.2, 0) is 11.2 Å². The molecule has 3 aromatic carbocycles. The van der Waals surface area contributed by atoms with E-state index in [0.717, 1.165) is 35.7 Å². The molecule has 228 valence electrons. The fourth-order valence-electron chi connectivity index (χ4n) is 5.39. The molecule has 1 fully saturated rings. The number of anilines is 1. The number of carbonyl (C=O) groups excluding carboxylic acids is 1. The molecule has 0 aliphatic heterocycles. The van der Waals surface area contributed by atoms with E-state index in [2.05, 4.69) is 27.8 Å². The van der Waals surface area contributed by atoms with Crippen LogP contribution in [0.1, 0.15) is 61.9 Å². The van der Waals surface area contributed by atoms with Gasteiger partial charge in [-0.05, 0) is 86.3 Å². The second kappa shape index (κ2) is 14.7. The van der Waals surface area contributed by atoms with Crippen LogP contribution < -0.4 is 20.3 Å². The van der Waals surface area contributed by atoms with E-state index in [1.165, 1.54) is 11.1 Å². The number of benzene rings is 3. The molecule has 10 heteroatoms. The first-order valence-corrected chi connectivity index (χ1v) is 15.9. The maximum atomic E-state index is 13.7. The Bertz CT molecular complexity index is 1750. The van der Waals surface area contributed by atoms with Gasteiger partial charge in [-0.2, -0.15) is 9.78 Å². The van der Waals surface area contributed by atoms with Gasteiger partial charge in [0, 0.05) is 26.7 Å². The Labute approximate surface area is 269 Å². The molecule has 44 heavy (non-hydrogen) atoms. The lowest BCUT2D eigenvalue weighted by atomic mass is 9.88. The minimum absolute atomic E-state index is 0.159. The largest absolute Gasteiger partial charge is 0.490 e. The summed E-state index contributed by atoms with van der Waals surface area (Å²) in [7, 11) is 0. The molecule has 0 radical (unpaired) electrons. The first-order chi connectivity index (χ1) is 21.4. The van der Waals surface area contributed by atoms with Gasteiger partial charge < -0.3 is 14.8 Å². The third-order valence-electron chi connectivity index (χ3n) is 7.42. The van der Waals surface area contributed by atoms with Crippen LogP contribution in [0.2, 0.25) is 5.02 Å². The van der Waals surface area contributed by atoms with E-state index in [1.807, 2.05) is 25.1 Å². The van der Waals surface area contributed by atoms with E-state index in [1.54, 1.807) is 48.7 Å². The van der Waals surface area contributed by atoms with Crippen LogP contribution in [0.25, 0.3) is 10.9 Å². The molecule has 0 saturated heterocycles. The number of nitrogens with one attached hydrogen (secondary N) is 1. The number of carbonyl (C=O) groups is 1. The van der Waals surface area contributed by atoms with Crippen molar-refractivity contribution in [1.29, 1.82) is 0 Å². The Balaban J connectivity index is 1.47. The van der Waals surface area contributed by atoms with E-state index < -0.39 is 0 Å². The summed E-state index contributed by atoms with van der Waals surface area (Å²) in [6, 6.07) is 16.1. The molecule has 1 aliphatic rings. The molecule has 1 amide bonds. The van der Waals surface area contributed by atoms with Crippen LogP contribution in [0.5, 0.6) is 11.5 Å². The average molecular weight is 678 g/mol. The third kappa shape index (κ3) is 7.57. The van der Waals surface area contributed by atoms with Crippen LogP contribution in [0.3, 0.4) is 0 Å². The van der Waals surface area contributed by atoms with Crippen LogP contribution in [0.15, 0.2) is 81.6 Å². The summed E-state index contributed by atoms with van der Waals surface area (Å²) in [6.07, 6.45) is 9.20. The van der Waals surface area contributed by atoms with Crippen molar-refractivity contribution in [3.63, 3.8) is 0 Å². The summed E-state index contributed by atoms with van der Waals surface area (Å²) in [6.45, 7) is 5.92. The predicted octanol–water partition coefficient (Wildman–Crippen LogP) is 7.89. The van der Waals surface area contributed by atoms with Crippen molar-refractivity contribution in [2.75, 3.05) is 18.5 Å². The molecule has 0 bridgehead atoms. The fraction of sp³-hybridized carbons (Fsp3) is 0.294. The molecule has 5 rings (SSSR count). The first kappa shape index (κ1) is 31.5. The normalized spacial score (nSPS) is 13.7. The molecule has 0 unspecified atom stereocenters. The smallest absolute Gasteiger partial charge is 0.282 e. The average Bonchev–Trinajstić information content (AvgIpc) is 3.02. The number of nitrogens with zero attached hydrogens (tertiary/aromatic N) is 3. The lowest BCUT2D eigenvalue weighted by molar-refractivity contribution is -0.118. The van der Waals surface area contributed by atoms with Crippen LogP contribution in [0, 0.1) is 0 Å². The van der Waals surface area contributed by atoms with Gasteiger partial charge in [-0.15, -0.1) is 6.58 Å². The number of amides is 1. The van der Waals surface area contributed by atoms with Crippen LogP contribution in [0.4, 0.5) is 5.69 Å². The van der Waals surface area contributed by atoms with Crippen LogP contribution in [-0.4, -0.2) is 35.0 Å². The van der Waals surface area contributed by atoms with Gasteiger partial charge in [0.2, 0.25) is 0 Å². The lowest BCUT2D eigenvalue weighted by Gasteiger charge is -2.22. The number of allylic oxidation sites excluding steroid dienone is 1. The third-order valence-corrected chi connectivity index (χ3v) is 8.16. The van der Waals surface area contributed by atoms with Gasteiger partial charge in [0.15, 0.2) is 18.1 Å². The predicted molar refractivity (Wildman–Crippen MR) is 180 cm³/mol. The highest BCUT2D eigenvalue weighted by atomic mass is 79.9. The number of halogens is 2. The topological polar surface area (TPSA) is 94.8 Å². The highest BCUT2D eigenvalue weighted by Crippen LogP contribution is 2.34. The van der Waals surface area contributed by atoms with Crippen molar-refractivity contribution >= 4 is 56.2 Å². The van der Waals surface area contributed by atoms with Gasteiger partial charge in [-0.25, -0.2) is 4.98 Å². The van der Waals surface area contributed by atoms with Crippen molar-refractivity contribution in [3.8, 4) is 11.5 Å². The Morgan fingerprint density at radius 1 is 1.14 bits per heavy atom. The molecule has 1 saturated carbocycles. The van der Waals surface area contributed by atoms with E-state index in [4.69, 9.17) is 31.2 Å². The molecule has 4 aromatic rings. The van der Waals surface area contributed by atoms with E-state index >= 15 is 0 Å². The molecule has 1 heterocycles. The van der Waals surface area contributed by atoms with E-state index in [0.29, 0.717) is 57.5 Å². The molecular weight excluding hydrogens is 644 g/mol. The van der Waals surface area contributed by atoms with Crippen molar-refractivity contribution < 1.29 is 14.3 Å². The fourth-order valence-corrected chi connectivity index (χ4v) is 5.87. The summed E-state index contributed by atoms with van der Waals surface area (Å²) < 4.78 is 14.2. The van der Waals surface area contributed by atoms with Gasteiger partial charge in [-0.3, -0.25) is 9.59 Å². The first-order valence-electron chi connectivity index (χ1n) is 14.7. The maximum absolute atomic E-state index is 13.7. The Morgan fingerprint density at radius 2 is 1.91 bits per heavy atom. The molecular formula is C34H34BrClN4O4. The number of rotatable bonds is 11.